The third kappa shape index (κ3) is 4.69. The Morgan fingerprint density at radius 1 is 1.24 bits per heavy atom. The first kappa shape index (κ1) is 13.9. The van der Waals surface area contributed by atoms with Crippen molar-refractivity contribution in [1.29, 1.82) is 0 Å². The molecule has 0 saturated carbocycles. The van der Waals surface area contributed by atoms with Crippen LogP contribution in [0, 0.1) is 0 Å². The number of thioether (sulfide) groups is 1. The molecule has 0 aliphatic rings. The molecule has 0 aromatic heterocycles. The fraction of sp³-hybridized carbons (Fsp3) is 0.462. The molecule has 0 aliphatic heterocycles. The highest BCUT2D eigenvalue weighted by molar-refractivity contribution is 7.98. The molecule has 0 fully saturated rings. The number of benzene rings is 1. The average molecular weight is 254 g/mol. The zero-order chi connectivity index (χ0) is 12.9. The second-order valence-electron chi connectivity index (χ2n) is 4.68. The highest BCUT2D eigenvalue weighted by Crippen LogP contribution is 2.24. The Bertz CT molecular complexity index is 365. The molecule has 4 heteroatoms. The maximum Gasteiger partial charge on any atom is 0.514 e. The summed E-state index contributed by atoms with van der Waals surface area (Å²) in [5.74, 6) is 0.808. The van der Waals surface area contributed by atoms with Crippen molar-refractivity contribution < 1.29 is 14.3 Å². The first-order valence-corrected chi connectivity index (χ1v) is 6.77. The molecular weight excluding hydrogens is 236 g/mol. The van der Waals surface area contributed by atoms with Gasteiger partial charge in [0, 0.05) is 0 Å². The molecule has 17 heavy (non-hydrogen) atoms. The lowest BCUT2D eigenvalue weighted by Gasteiger charge is -2.18. The Morgan fingerprint density at radius 3 is 2.29 bits per heavy atom. The van der Waals surface area contributed by atoms with Crippen LogP contribution in [0.4, 0.5) is 4.79 Å². The van der Waals surface area contributed by atoms with Crippen molar-refractivity contribution in [3.8, 4) is 5.75 Å². The molecule has 0 amide bonds. The van der Waals surface area contributed by atoms with Crippen LogP contribution in [0.3, 0.4) is 0 Å². The van der Waals surface area contributed by atoms with Gasteiger partial charge in [0.25, 0.3) is 0 Å². The summed E-state index contributed by atoms with van der Waals surface area (Å²) in [6.45, 7) is 6.40. The first-order chi connectivity index (χ1) is 7.93. The molecule has 0 aliphatic carbocycles. The third-order valence-electron chi connectivity index (χ3n) is 2.22. The van der Waals surface area contributed by atoms with Crippen molar-refractivity contribution in [3.63, 3.8) is 0 Å². The summed E-state index contributed by atoms with van der Waals surface area (Å²) in [6, 6.07) is 7.47. The van der Waals surface area contributed by atoms with Gasteiger partial charge in [-0.2, -0.15) is 0 Å². The fourth-order valence-electron chi connectivity index (χ4n) is 1.26. The topological polar surface area (TPSA) is 35.5 Å². The second-order valence-corrected chi connectivity index (χ2v) is 5.49. The van der Waals surface area contributed by atoms with Crippen molar-refractivity contribution in [2.24, 2.45) is 0 Å². The number of hydrogen-bond acceptors (Lipinski definition) is 4. The molecule has 0 bridgehead atoms. The lowest BCUT2D eigenvalue weighted by atomic mass is 9.87. The van der Waals surface area contributed by atoms with Gasteiger partial charge in [0.1, 0.15) is 11.7 Å². The Labute approximate surface area is 106 Å². The average Bonchev–Trinajstić information content (AvgIpc) is 2.26. The molecule has 0 radical (unpaired) electrons. The van der Waals surface area contributed by atoms with Crippen molar-refractivity contribution in [3.05, 3.63) is 29.8 Å². The van der Waals surface area contributed by atoms with Crippen LogP contribution in [-0.4, -0.2) is 18.4 Å². The Kier molecular flexibility index (Phi) is 4.87. The smallest absolute Gasteiger partial charge is 0.423 e. The van der Waals surface area contributed by atoms with Crippen molar-refractivity contribution in [2.75, 3.05) is 12.2 Å². The summed E-state index contributed by atoms with van der Waals surface area (Å²) in [6.07, 6.45) is 1.19. The molecule has 3 nitrogen and oxygen atoms in total. The largest absolute Gasteiger partial charge is 0.514 e. The van der Waals surface area contributed by atoms with Gasteiger partial charge < -0.3 is 9.47 Å². The highest BCUT2D eigenvalue weighted by Gasteiger charge is 2.13. The molecule has 0 heterocycles. The number of rotatable bonds is 3. The minimum atomic E-state index is -0.664. The molecule has 0 atom stereocenters. The van der Waals surface area contributed by atoms with E-state index in [9.17, 15) is 4.79 Å². The molecule has 1 aromatic carbocycles. The SMILES string of the molecule is CSCOC(=O)Oc1ccc(C(C)(C)C)cc1. The van der Waals surface area contributed by atoms with E-state index in [2.05, 4.69) is 20.8 Å². The van der Waals surface area contributed by atoms with E-state index < -0.39 is 6.16 Å². The quantitative estimate of drug-likeness (QED) is 0.466. The van der Waals surface area contributed by atoms with Gasteiger partial charge in [-0.15, -0.1) is 11.8 Å². The van der Waals surface area contributed by atoms with Crippen molar-refractivity contribution >= 4 is 17.9 Å². The molecule has 1 rings (SSSR count). The number of hydrogen-bond donors (Lipinski definition) is 0. The van der Waals surface area contributed by atoms with Crippen LogP contribution < -0.4 is 4.74 Å². The van der Waals surface area contributed by atoms with Gasteiger partial charge in [-0.05, 0) is 29.4 Å². The van der Waals surface area contributed by atoms with Gasteiger partial charge in [0.05, 0.1) is 0 Å². The van der Waals surface area contributed by atoms with Gasteiger partial charge >= 0.3 is 6.16 Å². The summed E-state index contributed by atoms with van der Waals surface area (Å²) >= 11 is 1.42. The van der Waals surface area contributed by atoms with Crippen LogP contribution in [0.2, 0.25) is 0 Å². The lowest BCUT2D eigenvalue weighted by molar-refractivity contribution is 0.116. The zero-order valence-corrected chi connectivity index (χ0v) is 11.5. The standard InChI is InChI=1S/C13H18O3S/c1-13(2,3)10-5-7-11(8-6-10)16-12(14)15-9-17-4/h5-8H,9H2,1-4H3. The van der Waals surface area contributed by atoms with Crippen LogP contribution in [0.1, 0.15) is 26.3 Å². The second kappa shape index (κ2) is 5.96. The molecule has 0 unspecified atom stereocenters. The first-order valence-electron chi connectivity index (χ1n) is 5.37. The summed E-state index contributed by atoms with van der Waals surface area (Å²) in [5.41, 5.74) is 1.29. The van der Waals surface area contributed by atoms with E-state index in [-0.39, 0.29) is 5.41 Å². The maximum atomic E-state index is 11.2. The predicted molar refractivity (Wildman–Crippen MR) is 70.6 cm³/mol. The van der Waals surface area contributed by atoms with Gasteiger partial charge in [-0.3, -0.25) is 0 Å². The number of carbonyl (C=O) groups is 1. The van der Waals surface area contributed by atoms with Crippen molar-refractivity contribution in [1.82, 2.24) is 0 Å². The molecule has 0 saturated heterocycles. The summed E-state index contributed by atoms with van der Waals surface area (Å²) < 4.78 is 9.80. The number of ether oxygens (including phenoxy) is 2. The predicted octanol–water partition coefficient (Wildman–Crippen LogP) is 3.82. The molecule has 0 N–H and O–H groups in total. The van der Waals surface area contributed by atoms with E-state index >= 15 is 0 Å². The fourth-order valence-corrected chi connectivity index (χ4v) is 1.47. The minimum absolute atomic E-state index is 0.0951. The summed E-state index contributed by atoms with van der Waals surface area (Å²) in [4.78, 5) is 11.2. The Balaban J connectivity index is 2.60. The van der Waals surface area contributed by atoms with Crippen LogP contribution in [0.15, 0.2) is 24.3 Å². The highest BCUT2D eigenvalue weighted by atomic mass is 32.2. The van der Waals surface area contributed by atoms with Crippen molar-refractivity contribution in [2.45, 2.75) is 26.2 Å². The maximum absolute atomic E-state index is 11.2. The third-order valence-corrected chi connectivity index (χ3v) is 2.57. The van der Waals surface area contributed by atoms with Crippen LogP contribution in [0.25, 0.3) is 0 Å². The van der Waals surface area contributed by atoms with Crippen LogP contribution in [-0.2, 0) is 10.2 Å². The van der Waals surface area contributed by atoms with E-state index in [1.807, 2.05) is 18.4 Å². The monoisotopic (exact) mass is 254 g/mol. The van der Waals surface area contributed by atoms with E-state index in [1.165, 1.54) is 17.3 Å². The normalized spacial score (nSPS) is 11.1. The van der Waals surface area contributed by atoms with Gasteiger partial charge in [-0.1, -0.05) is 32.9 Å². The van der Waals surface area contributed by atoms with E-state index in [4.69, 9.17) is 9.47 Å². The zero-order valence-electron chi connectivity index (χ0n) is 10.6. The molecular formula is C13H18O3S. The van der Waals surface area contributed by atoms with E-state index in [0.29, 0.717) is 11.7 Å². The molecule has 94 valence electrons. The van der Waals surface area contributed by atoms with Crippen LogP contribution in [0.5, 0.6) is 5.75 Å². The Hall–Kier alpha value is -1.16. The van der Waals surface area contributed by atoms with E-state index in [1.54, 1.807) is 12.1 Å². The Morgan fingerprint density at radius 2 is 1.82 bits per heavy atom. The molecule has 0 spiro atoms. The molecule has 1 aromatic rings. The lowest BCUT2D eigenvalue weighted by Crippen LogP contribution is -2.12. The summed E-state index contributed by atoms with van der Waals surface area (Å²) in [7, 11) is 0. The van der Waals surface area contributed by atoms with Gasteiger partial charge in [0.15, 0.2) is 0 Å². The summed E-state index contributed by atoms with van der Waals surface area (Å²) in [5, 5.41) is 0. The van der Waals surface area contributed by atoms with Crippen LogP contribution >= 0.6 is 11.8 Å². The van der Waals surface area contributed by atoms with Gasteiger partial charge in [-0.25, -0.2) is 4.79 Å². The minimum Gasteiger partial charge on any atom is -0.423 e. The van der Waals surface area contributed by atoms with Gasteiger partial charge in [0.2, 0.25) is 0 Å². The van der Waals surface area contributed by atoms with E-state index in [0.717, 1.165) is 0 Å². The number of carbonyl (C=O) groups excluding carboxylic acids is 1.